The average molecular weight is 436 g/mol. The van der Waals surface area contributed by atoms with E-state index in [-0.39, 0.29) is 21.9 Å². The van der Waals surface area contributed by atoms with E-state index in [4.69, 9.17) is 11.6 Å². The van der Waals surface area contributed by atoms with Gasteiger partial charge in [0, 0.05) is 13.1 Å². The molecule has 154 valence electrons. The van der Waals surface area contributed by atoms with Gasteiger partial charge in [0.15, 0.2) is 0 Å². The molecule has 3 rings (SSSR count). The van der Waals surface area contributed by atoms with Crippen LogP contribution in [0, 0.1) is 0 Å². The number of piperidine rings is 1. The van der Waals surface area contributed by atoms with Crippen LogP contribution in [0.25, 0.3) is 0 Å². The van der Waals surface area contributed by atoms with Crippen LogP contribution in [-0.2, 0) is 21.2 Å². The molecular weight excluding hydrogens is 414 g/mol. The summed E-state index contributed by atoms with van der Waals surface area (Å²) in [7, 11) is -3.50. The van der Waals surface area contributed by atoms with Crippen LogP contribution in [0.4, 0.5) is 0 Å². The fourth-order valence-corrected chi connectivity index (χ4v) is 4.84. The summed E-state index contributed by atoms with van der Waals surface area (Å²) < 4.78 is 26.8. The summed E-state index contributed by atoms with van der Waals surface area (Å²) in [5.41, 5.74) is 5.53. The molecule has 0 bridgehead atoms. The number of rotatable bonds is 5. The number of hydrogen-bond donors (Lipinski definition) is 2. The zero-order chi connectivity index (χ0) is 20.9. The highest BCUT2D eigenvalue weighted by molar-refractivity contribution is 7.89. The molecule has 2 amide bonds. The maximum absolute atomic E-state index is 12.6. The first-order valence-corrected chi connectivity index (χ1v) is 11.1. The maximum atomic E-state index is 12.6. The Hall–Kier alpha value is -2.42. The predicted octanol–water partition coefficient (Wildman–Crippen LogP) is 2.52. The van der Waals surface area contributed by atoms with Crippen molar-refractivity contribution >= 4 is 33.4 Å². The fraction of sp³-hybridized carbons (Fsp3) is 0.300. The number of carbonyl (C=O) groups excluding carboxylic acids is 2. The molecule has 9 heteroatoms. The van der Waals surface area contributed by atoms with Crippen LogP contribution >= 0.6 is 11.6 Å². The van der Waals surface area contributed by atoms with E-state index in [0.717, 1.165) is 19.3 Å². The summed E-state index contributed by atoms with van der Waals surface area (Å²) in [5.74, 6) is -0.955. The molecule has 7 nitrogen and oxygen atoms in total. The molecule has 1 aliphatic rings. The number of nitrogens with one attached hydrogen (secondary N) is 2. The van der Waals surface area contributed by atoms with Crippen LogP contribution in [0.1, 0.15) is 35.2 Å². The van der Waals surface area contributed by atoms with Crippen LogP contribution < -0.4 is 10.9 Å². The van der Waals surface area contributed by atoms with Gasteiger partial charge in [0.1, 0.15) is 0 Å². The van der Waals surface area contributed by atoms with Crippen LogP contribution in [0.2, 0.25) is 5.02 Å². The summed E-state index contributed by atoms with van der Waals surface area (Å²) in [5, 5.41) is 0.282. The molecule has 2 aromatic rings. The molecule has 2 aromatic carbocycles. The summed E-state index contributed by atoms with van der Waals surface area (Å²) in [6, 6.07) is 12.7. The van der Waals surface area contributed by atoms with Gasteiger partial charge in [-0.2, -0.15) is 4.31 Å². The number of hydrazine groups is 1. The van der Waals surface area contributed by atoms with E-state index in [2.05, 4.69) is 10.9 Å². The number of benzene rings is 2. The minimum absolute atomic E-state index is 0.00710. The van der Waals surface area contributed by atoms with Crippen LogP contribution in [0.15, 0.2) is 53.4 Å². The molecule has 0 spiro atoms. The smallest absolute Gasteiger partial charge is 0.271 e. The third kappa shape index (κ3) is 5.35. The van der Waals surface area contributed by atoms with E-state index in [1.807, 2.05) is 0 Å². The Labute approximate surface area is 175 Å². The van der Waals surface area contributed by atoms with Crippen LogP contribution in [0.3, 0.4) is 0 Å². The second kappa shape index (κ2) is 9.39. The van der Waals surface area contributed by atoms with E-state index in [1.54, 1.807) is 36.4 Å². The summed E-state index contributed by atoms with van der Waals surface area (Å²) in [6.07, 6.45) is 2.79. The van der Waals surface area contributed by atoms with Crippen molar-refractivity contribution in [3.8, 4) is 0 Å². The summed E-state index contributed by atoms with van der Waals surface area (Å²) in [4.78, 5) is 24.3. The van der Waals surface area contributed by atoms with Crippen molar-refractivity contribution < 1.29 is 18.0 Å². The lowest BCUT2D eigenvalue weighted by Crippen LogP contribution is -2.42. The maximum Gasteiger partial charge on any atom is 0.271 e. The summed E-state index contributed by atoms with van der Waals surface area (Å²) >= 11 is 5.95. The van der Waals surface area contributed by atoms with Crippen molar-refractivity contribution in [2.75, 3.05) is 13.1 Å². The monoisotopic (exact) mass is 435 g/mol. The largest absolute Gasteiger partial charge is 0.273 e. The van der Waals surface area contributed by atoms with Gasteiger partial charge in [-0.1, -0.05) is 42.3 Å². The molecule has 29 heavy (non-hydrogen) atoms. The zero-order valence-electron chi connectivity index (χ0n) is 15.7. The molecule has 1 fully saturated rings. The van der Waals surface area contributed by atoms with Gasteiger partial charge in [-0.25, -0.2) is 8.42 Å². The van der Waals surface area contributed by atoms with Crippen molar-refractivity contribution in [2.24, 2.45) is 0 Å². The number of hydrogen-bond acceptors (Lipinski definition) is 4. The predicted molar refractivity (Wildman–Crippen MR) is 110 cm³/mol. The Balaban J connectivity index is 1.56. The molecular formula is C20H22ClN3O4S. The Kier molecular flexibility index (Phi) is 6.89. The SMILES string of the molecule is O=C(Cc1ccc(S(=O)(=O)N2CCCCC2)cc1)NNC(=O)c1ccccc1Cl. The molecule has 2 N–H and O–H groups in total. The van der Waals surface area contributed by atoms with Gasteiger partial charge >= 0.3 is 0 Å². The third-order valence-electron chi connectivity index (χ3n) is 4.67. The number of carbonyl (C=O) groups is 2. The molecule has 1 saturated heterocycles. The quantitative estimate of drug-likeness (QED) is 0.705. The number of halogens is 1. The van der Waals surface area contributed by atoms with Gasteiger partial charge in [0.05, 0.1) is 21.9 Å². The minimum atomic E-state index is -3.50. The lowest BCUT2D eigenvalue weighted by molar-refractivity contribution is -0.121. The number of sulfonamides is 1. The molecule has 1 heterocycles. The van der Waals surface area contributed by atoms with Crippen LogP contribution in [-0.4, -0.2) is 37.6 Å². The second-order valence-electron chi connectivity index (χ2n) is 6.77. The van der Waals surface area contributed by atoms with Crippen molar-refractivity contribution in [2.45, 2.75) is 30.6 Å². The highest BCUT2D eigenvalue weighted by atomic mass is 35.5. The molecule has 1 aliphatic heterocycles. The zero-order valence-corrected chi connectivity index (χ0v) is 17.3. The summed E-state index contributed by atoms with van der Waals surface area (Å²) in [6.45, 7) is 1.08. The lowest BCUT2D eigenvalue weighted by atomic mass is 10.1. The Morgan fingerprint density at radius 1 is 0.931 bits per heavy atom. The molecule has 0 aliphatic carbocycles. The number of nitrogens with zero attached hydrogens (tertiary/aromatic N) is 1. The topological polar surface area (TPSA) is 95.6 Å². The fourth-order valence-electron chi connectivity index (χ4n) is 3.10. The third-order valence-corrected chi connectivity index (χ3v) is 6.92. The Morgan fingerprint density at radius 2 is 1.59 bits per heavy atom. The first-order chi connectivity index (χ1) is 13.9. The second-order valence-corrected chi connectivity index (χ2v) is 9.11. The molecule has 0 radical (unpaired) electrons. The van der Waals surface area contributed by atoms with Gasteiger partial charge in [-0.05, 0) is 42.7 Å². The standard InChI is InChI=1S/C20H22ClN3O4S/c21-18-7-3-2-6-17(18)20(26)23-22-19(25)14-15-8-10-16(11-9-15)29(27,28)24-12-4-1-5-13-24/h2-3,6-11H,1,4-5,12-14H2,(H,22,25)(H,23,26). The molecule has 0 unspecified atom stereocenters. The van der Waals surface area contributed by atoms with Gasteiger partial charge in [0.25, 0.3) is 5.91 Å². The van der Waals surface area contributed by atoms with E-state index in [9.17, 15) is 18.0 Å². The number of amides is 2. The van der Waals surface area contributed by atoms with E-state index >= 15 is 0 Å². The Bertz CT molecular complexity index is 987. The van der Waals surface area contributed by atoms with Crippen molar-refractivity contribution in [3.63, 3.8) is 0 Å². The lowest BCUT2D eigenvalue weighted by Gasteiger charge is -2.25. The van der Waals surface area contributed by atoms with Crippen molar-refractivity contribution in [1.82, 2.24) is 15.2 Å². The average Bonchev–Trinajstić information content (AvgIpc) is 2.73. The van der Waals surface area contributed by atoms with Crippen molar-refractivity contribution in [3.05, 3.63) is 64.7 Å². The van der Waals surface area contributed by atoms with E-state index in [0.29, 0.717) is 18.7 Å². The van der Waals surface area contributed by atoms with Gasteiger partial charge in [-0.3, -0.25) is 20.4 Å². The molecule has 0 atom stereocenters. The van der Waals surface area contributed by atoms with Gasteiger partial charge in [-0.15, -0.1) is 0 Å². The Morgan fingerprint density at radius 3 is 2.24 bits per heavy atom. The first kappa shape index (κ1) is 21.3. The van der Waals surface area contributed by atoms with Gasteiger partial charge < -0.3 is 0 Å². The first-order valence-electron chi connectivity index (χ1n) is 9.31. The van der Waals surface area contributed by atoms with E-state index < -0.39 is 21.8 Å². The van der Waals surface area contributed by atoms with Crippen molar-refractivity contribution in [1.29, 1.82) is 0 Å². The highest BCUT2D eigenvalue weighted by Gasteiger charge is 2.25. The molecule has 0 saturated carbocycles. The normalized spacial score (nSPS) is 14.9. The van der Waals surface area contributed by atoms with Gasteiger partial charge in [0.2, 0.25) is 15.9 Å². The van der Waals surface area contributed by atoms with E-state index in [1.165, 1.54) is 16.4 Å². The van der Waals surface area contributed by atoms with Crippen LogP contribution in [0.5, 0.6) is 0 Å². The molecule has 0 aromatic heterocycles. The highest BCUT2D eigenvalue weighted by Crippen LogP contribution is 2.21. The minimum Gasteiger partial charge on any atom is -0.273 e.